The van der Waals surface area contributed by atoms with Crippen molar-refractivity contribution in [1.29, 1.82) is 0 Å². The highest BCUT2D eigenvalue weighted by Crippen LogP contribution is 2.14. The Morgan fingerprint density at radius 1 is 1.15 bits per heavy atom. The molecule has 0 spiro atoms. The second kappa shape index (κ2) is 4.96. The molecule has 1 N–H and O–H groups in total. The quantitative estimate of drug-likeness (QED) is 0.689. The van der Waals surface area contributed by atoms with Crippen molar-refractivity contribution in [2.75, 3.05) is 18.8 Å². The lowest BCUT2D eigenvalue weighted by atomic mass is 10.3. The third-order valence-corrected chi connectivity index (χ3v) is 4.51. The maximum Gasteiger partial charge on any atom is 0.156 e. The molecule has 0 fully saturated rings. The first-order valence-corrected chi connectivity index (χ1v) is 6.39. The van der Waals surface area contributed by atoms with Crippen molar-refractivity contribution in [2.24, 2.45) is 0 Å². The van der Waals surface area contributed by atoms with Crippen LogP contribution in [0.15, 0.2) is 0 Å². The van der Waals surface area contributed by atoms with Crippen LogP contribution in [-0.4, -0.2) is 32.0 Å². The molecular formula is C9H21NO2S. The average Bonchev–Trinajstić information content (AvgIpc) is 1.96. The molecule has 13 heavy (non-hydrogen) atoms. The van der Waals surface area contributed by atoms with E-state index in [1.165, 1.54) is 0 Å². The van der Waals surface area contributed by atoms with E-state index in [-0.39, 0.29) is 5.75 Å². The van der Waals surface area contributed by atoms with Gasteiger partial charge in [0.15, 0.2) is 9.84 Å². The van der Waals surface area contributed by atoms with Gasteiger partial charge in [-0.3, -0.25) is 0 Å². The van der Waals surface area contributed by atoms with Crippen molar-refractivity contribution in [1.82, 2.24) is 5.32 Å². The first kappa shape index (κ1) is 12.9. The molecule has 0 aliphatic carbocycles. The smallest absolute Gasteiger partial charge is 0.156 e. The van der Waals surface area contributed by atoms with Crippen LogP contribution < -0.4 is 5.32 Å². The average molecular weight is 207 g/mol. The highest BCUT2D eigenvalue weighted by Gasteiger charge is 2.27. The zero-order valence-corrected chi connectivity index (χ0v) is 9.87. The number of nitrogens with one attached hydrogen (secondary N) is 1. The number of rotatable bonds is 5. The van der Waals surface area contributed by atoms with Crippen molar-refractivity contribution < 1.29 is 8.42 Å². The van der Waals surface area contributed by atoms with Gasteiger partial charge in [-0.15, -0.1) is 0 Å². The van der Waals surface area contributed by atoms with E-state index in [2.05, 4.69) is 12.2 Å². The molecular weight excluding hydrogens is 186 g/mol. The zero-order chi connectivity index (χ0) is 10.5. The molecule has 0 aromatic heterocycles. The summed E-state index contributed by atoms with van der Waals surface area (Å²) in [7, 11) is -2.94. The van der Waals surface area contributed by atoms with Gasteiger partial charge in [0.2, 0.25) is 0 Å². The molecule has 0 aliphatic heterocycles. The van der Waals surface area contributed by atoms with Gasteiger partial charge >= 0.3 is 0 Å². The predicted octanol–water partition coefficient (Wildman–Crippen LogP) is 1.20. The molecule has 0 radical (unpaired) electrons. The van der Waals surface area contributed by atoms with E-state index in [0.29, 0.717) is 6.54 Å². The summed E-state index contributed by atoms with van der Waals surface area (Å²) >= 11 is 0. The molecule has 4 heteroatoms. The fourth-order valence-electron chi connectivity index (χ4n) is 0.814. The highest BCUT2D eigenvalue weighted by atomic mass is 32.2. The van der Waals surface area contributed by atoms with Crippen molar-refractivity contribution in [3.63, 3.8) is 0 Å². The van der Waals surface area contributed by atoms with Crippen LogP contribution in [0.4, 0.5) is 0 Å². The van der Waals surface area contributed by atoms with Gasteiger partial charge in [0.25, 0.3) is 0 Å². The fraction of sp³-hybridized carbons (Fsp3) is 1.00. The van der Waals surface area contributed by atoms with Crippen LogP contribution in [0.1, 0.15) is 34.1 Å². The van der Waals surface area contributed by atoms with Crippen LogP contribution in [0.2, 0.25) is 0 Å². The monoisotopic (exact) mass is 207 g/mol. The van der Waals surface area contributed by atoms with Crippen molar-refractivity contribution in [3.8, 4) is 0 Å². The molecule has 0 unspecified atom stereocenters. The van der Waals surface area contributed by atoms with Crippen LogP contribution in [-0.2, 0) is 9.84 Å². The van der Waals surface area contributed by atoms with E-state index < -0.39 is 14.6 Å². The Balaban J connectivity index is 3.92. The maximum atomic E-state index is 11.6. The van der Waals surface area contributed by atoms with Gasteiger partial charge in [-0.1, -0.05) is 6.92 Å². The molecule has 0 heterocycles. The zero-order valence-electron chi connectivity index (χ0n) is 9.05. The van der Waals surface area contributed by atoms with Gasteiger partial charge in [0.05, 0.1) is 10.5 Å². The summed E-state index contributed by atoms with van der Waals surface area (Å²) in [5.74, 6) is 0.233. The molecule has 0 aliphatic rings. The first-order valence-electron chi connectivity index (χ1n) is 4.74. The minimum atomic E-state index is -2.94. The van der Waals surface area contributed by atoms with Gasteiger partial charge < -0.3 is 5.32 Å². The van der Waals surface area contributed by atoms with Crippen molar-refractivity contribution >= 4 is 9.84 Å². The second-order valence-corrected chi connectivity index (χ2v) is 7.04. The summed E-state index contributed by atoms with van der Waals surface area (Å²) in [5, 5.41) is 3.08. The topological polar surface area (TPSA) is 46.2 Å². The third-order valence-electron chi connectivity index (χ3n) is 1.91. The van der Waals surface area contributed by atoms with Gasteiger partial charge in [-0.25, -0.2) is 8.42 Å². The molecule has 0 aromatic rings. The molecule has 0 atom stereocenters. The lowest BCUT2D eigenvalue weighted by molar-refractivity contribution is 0.555. The molecule has 0 rings (SSSR count). The van der Waals surface area contributed by atoms with E-state index >= 15 is 0 Å². The van der Waals surface area contributed by atoms with Crippen LogP contribution in [0.25, 0.3) is 0 Å². The number of hydrogen-bond donors (Lipinski definition) is 1. The molecule has 0 saturated carbocycles. The Morgan fingerprint density at radius 2 is 1.69 bits per heavy atom. The van der Waals surface area contributed by atoms with Gasteiger partial charge in [0, 0.05) is 6.54 Å². The third kappa shape index (κ3) is 4.62. The first-order chi connectivity index (χ1) is 5.81. The predicted molar refractivity (Wildman–Crippen MR) is 56.7 cm³/mol. The normalized spacial score (nSPS) is 13.2. The minimum absolute atomic E-state index is 0.233. The Kier molecular flexibility index (Phi) is 4.92. The Bertz CT molecular complexity index is 226. The highest BCUT2D eigenvalue weighted by molar-refractivity contribution is 7.92. The van der Waals surface area contributed by atoms with E-state index in [0.717, 1.165) is 13.0 Å². The summed E-state index contributed by atoms with van der Waals surface area (Å²) in [4.78, 5) is 0. The maximum absolute atomic E-state index is 11.6. The summed E-state index contributed by atoms with van der Waals surface area (Å²) < 4.78 is 22.5. The largest absolute Gasteiger partial charge is 0.316 e. The van der Waals surface area contributed by atoms with E-state index in [4.69, 9.17) is 0 Å². The molecule has 3 nitrogen and oxygen atoms in total. The Hall–Kier alpha value is -0.0900. The SMILES string of the molecule is CCCNCCS(=O)(=O)C(C)(C)C. The van der Waals surface area contributed by atoms with E-state index in [1.807, 2.05) is 0 Å². The summed E-state index contributed by atoms with van der Waals surface area (Å²) in [6.45, 7) is 8.73. The Morgan fingerprint density at radius 3 is 2.08 bits per heavy atom. The van der Waals surface area contributed by atoms with Gasteiger partial charge in [0.1, 0.15) is 0 Å². The summed E-state index contributed by atoms with van der Waals surface area (Å²) in [6.07, 6.45) is 1.04. The van der Waals surface area contributed by atoms with E-state index in [9.17, 15) is 8.42 Å². The van der Waals surface area contributed by atoms with Gasteiger partial charge in [-0.2, -0.15) is 0 Å². The van der Waals surface area contributed by atoms with Crippen LogP contribution in [0.5, 0.6) is 0 Å². The molecule has 0 bridgehead atoms. The number of hydrogen-bond acceptors (Lipinski definition) is 3. The second-order valence-electron chi connectivity index (χ2n) is 4.18. The van der Waals surface area contributed by atoms with Crippen molar-refractivity contribution in [3.05, 3.63) is 0 Å². The summed E-state index contributed by atoms with van der Waals surface area (Å²) in [6, 6.07) is 0. The molecule has 0 saturated heterocycles. The molecule has 0 amide bonds. The number of sulfone groups is 1. The lowest BCUT2D eigenvalue weighted by Crippen LogP contribution is -2.34. The van der Waals surface area contributed by atoms with Crippen LogP contribution in [0.3, 0.4) is 0 Å². The molecule has 0 aromatic carbocycles. The standard InChI is InChI=1S/C9H21NO2S/c1-5-6-10-7-8-13(11,12)9(2,3)4/h10H,5-8H2,1-4H3. The molecule has 80 valence electrons. The van der Waals surface area contributed by atoms with Gasteiger partial charge in [-0.05, 0) is 33.7 Å². The Labute approximate surface area is 81.8 Å². The van der Waals surface area contributed by atoms with E-state index in [1.54, 1.807) is 20.8 Å². The lowest BCUT2D eigenvalue weighted by Gasteiger charge is -2.19. The minimum Gasteiger partial charge on any atom is -0.316 e. The van der Waals surface area contributed by atoms with Crippen molar-refractivity contribution in [2.45, 2.75) is 38.9 Å². The van der Waals surface area contributed by atoms with Crippen LogP contribution in [0, 0.1) is 0 Å². The fourth-order valence-corrected chi connectivity index (χ4v) is 1.84. The van der Waals surface area contributed by atoms with Crippen LogP contribution >= 0.6 is 0 Å². The summed E-state index contributed by atoms with van der Waals surface area (Å²) in [5.41, 5.74) is 0.